The summed E-state index contributed by atoms with van der Waals surface area (Å²) in [4.78, 5) is 12.5. The normalized spacial score (nSPS) is 9.89. The van der Waals surface area contributed by atoms with Gasteiger partial charge in [0.25, 0.3) is 0 Å². The van der Waals surface area contributed by atoms with Gasteiger partial charge in [0.05, 0.1) is 0 Å². The van der Waals surface area contributed by atoms with Crippen LogP contribution in [0.3, 0.4) is 0 Å². The van der Waals surface area contributed by atoms with Crippen LogP contribution < -0.4 is 0 Å². The summed E-state index contributed by atoms with van der Waals surface area (Å²) in [6.45, 7) is 7.46. The van der Waals surface area contributed by atoms with E-state index in [1.807, 2.05) is 13.8 Å². The number of carbonyl (C=O) groups excluding carboxylic acids is 1. The van der Waals surface area contributed by atoms with Crippen molar-refractivity contribution in [1.82, 2.24) is 4.90 Å². The van der Waals surface area contributed by atoms with E-state index in [9.17, 15) is 4.79 Å². The summed E-state index contributed by atoms with van der Waals surface area (Å²) in [5, 5.41) is 0. The zero-order valence-corrected chi connectivity index (χ0v) is 6.35. The van der Waals surface area contributed by atoms with Crippen molar-refractivity contribution >= 4 is 5.91 Å². The smallest absolute Gasteiger partial charge is 0.222 e. The molecular weight excluding hydrogens is 114 g/mol. The van der Waals surface area contributed by atoms with Gasteiger partial charge >= 0.3 is 0 Å². The van der Waals surface area contributed by atoms with Crippen LogP contribution in [0, 0.1) is 6.92 Å². The number of hydrogen-bond acceptors (Lipinski definition) is 1. The van der Waals surface area contributed by atoms with Crippen LogP contribution in [0.25, 0.3) is 0 Å². The number of rotatable bonds is 2. The molecule has 0 spiro atoms. The van der Waals surface area contributed by atoms with Crippen LogP contribution in [0.2, 0.25) is 0 Å². The average molecular weight is 128 g/mol. The number of amides is 1. The lowest BCUT2D eigenvalue weighted by molar-refractivity contribution is -0.130. The lowest BCUT2D eigenvalue weighted by atomic mass is 10.3. The lowest BCUT2D eigenvalue weighted by Crippen LogP contribution is -2.32. The predicted octanol–water partition coefficient (Wildman–Crippen LogP) is 1.08. The van der Waals surface area contributed by atoms with Gasteiger partial charge in [-0.25, -0.2) is 0 Å². The van der Waals surface area contributed by atoms with Gasteiger partial charge in [-0.15, -0.1) is 0 Å². The van der Waals surface area contributed by atoms with Crippen molar-refractivity contribution in [2.24, 2.45) is 0 Å². The van der Waals surface area contributed by atoms with Crippen LogP contribution in [-0.4, -0.2) is 23.9 Å². The van der Waals surface area contributed by atoms with Gasteiger partial charge in [0, 0.05) is 19.5 Å². The summed E-state index contributed by atoms with van der Waals surface area (Å²) in [5.41, 5.74) is 0. The monoisotopic (exact) mass is 128 g/mol. The van der Waals surface area contributed by atoms with Crippen molar-refractivity contribution in [2.45, 2.75) is 26.3 Å². The third-order valence-corrected chi connectivity index (χ3v) is 1.38. The molecule has 0 bridgehead atoms. The molecule has 9 heavy (non-hydrogen) atoms. The highest BCUT2D eigenvalue weighted by atomic mass is 16.2. The average Bonchev–Trinajstić information content (AvgIpc) is 1.84. The van der Waals surface area contributed by atoms with Gasteiger partial charge in [0.1, 0.15) is 0 Å². The quantitative estimate of drug-likeness (QED) is 0.545. The molecule has 1 amide bonds. The van der Waals surface area contributed by atoms with Gasteiger partial charge in [-0.05, 0) is 20.8 Å². The van der Waals surface area contributed by atoms with Crippen LogP contribution >= 0.6 is 0 Å². The minimum absolute atomic E-state index is 0.102. The van der Waals surface area contributed by atoms with Gasteiger partial charge < -0.3 is 4.90 Å². The Morgan fingerprint density at radius 3 is 2.22 bits per heavy atom. The molecule has 0 heterocycles. The fraction of sp³-hybridized carbons (Fsp3) is 0.714. The zero-order valence-electron chi connectivity index (χ0n) is 6.35. The Balaban J connectivity index is 3.72. The van der Waals surface area contributed by atoms with Gasteiger partial charge in [-0.1, -0.05) is 0 Å². The maximum Gasteiger partial charge on any atom is 0.222 e. The highest BCUT2D eigenvalue weighted by Gasteiger charge is 2.07. The molecule has 0 aromatic rings. The van der Waals surface area contributed by atoms with Gasteiger partial charge in [-0.2, -0.15) is 0 Å². The highest BCUT2D eigenvalue weighted by Crippen LogP contribution is 1.95. The first-order valence-electron chi connectivity index (χ1n) is 3.14. The molecule has 0 rings (SSSR count). The Bertz CT molecular complexity index is 99.1. The van der Waals surface area contributed by atoms with Crippen molar-refractivity contribution in [1.29, 1.82) is 0 Å². The zero-order chi connectivity index (χ0) is 7.44. The topological polar surface area (TPSA) is 20.3 Å². The SMILES string of the molecule is [CH2]CC(=O)N(C)C(C)C. The van der Waals surface area contributed by atoms with Crippen LogP contribution in [0.1, 0.15) is 20.3 Å². The van der Waals surface area contributed by atoms with E-state index >= 15 is 0 Å². The van der Waals surface area contributed by atoms with Crippen molar-refractivity contribution in [3.8, 4) is 0 Å². The fourth-order valence-electron chi connectivity index (χ4n) is 0.464. The number of nitrogens with zero attached hydrogens (tertiary/aromatic N) is 1. The summed E-state index contributed by atoms with van der Waals surface area (Å²) in [6, 6.07) is 0.291. The minimum Gasteiger partial charge on any atom is -0.343 e. The van der Waals surface area contributed by atoms with E-state index in [1.54, 1.807) is 11.9 Å². The molecule has 1 radical (unpaired) electrons. The van der Waals surface area contributed by atoms with E-state index < -0.39 is 0 Å². The van der Waals surface area contributed by atoms with Gasteiger partial charge in [-0.3, -0.25) is 4.79 Å². The molecule has 0 aliphatic carbocycles. The first-order chi connectivity index (χ1) is 4.09. The third-order valence-electron chi connectivity index (χ3n) is 1.38. The number of hydrogen-bond donors (Lipinski definition) is 0. The van der Waals surface area contributed by atoms with E-state index in [0.29, 0.717) is 12.5 Å². The molecule has 2 heteroatoms. The maximum atomic E-state index is 10.8. The molecule has 0 N–H and O–H groups in total. The summed E-state index contributed by atoms with van der Waals surface area (Å²) in [6.07, 6.45) is 0.356. The molecule has 0 unspecified atom stereocenters. The Morgan fingerprint density at radius 2 is 2.11 bits per heavy atom. The standard InChI is InChI=1S/C7H14NO/c1-5-7(9)8(4)6(2)3/h6H,1,5H2,2-4H3. The Morgan fingerprint density at radius 1 is 1.67 bits per heavy atom. The second-order valence-electron chi connectivity index (χ2n) is 2.35. The molecule has 0 aliphatic heterocycles. The Hall–Kier alpha value is -0.530. The molecular formula is C7H14NO. The largest absolute Gasteiger partial charge is 0.343 e. The third kappa shape index (κ3) is 2.49. The molecule has 0 aromatic heterocycles. The number of carbonyl (C=O) groups is 1. The molecule has 53 valence electrons. The van der Waals surface area contributed by atoms with Crippen LogP contribution in [0.5, 0.6) is 0 Å². The van der Waals surface area contributed by atoms with Crippen molar-refractivity contribution < 1.29 is 4.79 Å². The van der Waals surface area contributed by atoms with Crippen molar-refractivity contribution in [3.63, 3.8) is 0 Å². The van der Waals surface area contributed by atoms with E-state index in [0.717, 1.165) is 0 Å². The minimum atomic E-state index is 0.102. The van der Waals surface area contributed by atoms with E-state index in [1.165, 1.54) is 0 Å². The highest BCUT2D eigenvalue weighted by molar-refractivity contribution is 5.76. The first-order valence-corrected chi connectivity index (χ1v) is 3.14. The van der Waals surface area contributed by atoms with Gasteiger partial charge in [0.2, 0.25) is 5.91 Å². The summed E-state index contributed by atoms with van der Waals surface area (Å²) in [5.74, 6) is 0.102. The van der Waals surface area contributed by atoms with Gasteiger partial charge in [0.15, 0.2) is 0 Å². The van der Waals surface area contributed by atoms with Crippen molar-refractivity contribution in [2.75, 3.05) is 7.05 Å². The maximum absolute atomic E-state index is 10.8. The molecule has 0 aromatic carbocycles. The second kappa shape index (κ2) is 3.49. The van der Waals surface area contributed by atoms with E-state index in [-0.39, 0.29) is 5.91 Å². The summed E-state index contributed by atoms with van der Waals surface area (Å²) in [7, 11) is 1.79. The first kappa shape index (κ1) is 8.47. The Labute approximate surface area is 56.9 Å². The molecule has 0 saturated heterocycles. The fourth-order valence-corrected chi connectivity index (χ4v) is 0.464. The molecule has 0 fully saturated rings. The van der Waals surface area contributed by atoms with Crippen LogP contribution in [0.4, 0.5) is 0 Å². The van der Waals surface area contributed by atoms with Crippen molar-refractivity contribution in [3.05, 3.63) is 6.92 Å². The molecule has 0 atom stereocenters. The Kier molecular flexibility index (Phi) is 3.28. The van der Waals surface area contributed by atoms with E-state index in [2.05, 4.69) is 6.92 Å². The molecule has 2 nitrogen and oxygen atoms in total. The predicted molar refractivity (Wildman–Crippen MR) is 37.9 cm³/mol. The van der Waals surface area contributed by atoms with Crippen LogP contribution in [-0.2, 0) is 4.79 Å². The second-order valence-corrected chi connectivity index (χ2v) is 2.35. The summed E-state index contributed by atoms with van der Waals surface area (Å²) >= 11 is 0. The lowest BCUT2D eigenvalue weighted by Gasteiger charge is -2.20. The summed E-state index contributed by atoms with van der Waals surface area (Å²) < 4.78 is 0. The van der Waals surface area contributed by atoms with Crippen LogP contribution in [0.15, 0.2) is 0 Å². The molecule has 0 aliphatic rings. The molecule has 0 saturated carbocycles. The van der Waals surface area contributed by atoms with E-state index in [4.69, 9.17) is 0 Å².